The number of nitrogens with zero attached hydrogens (tertiary/aromatic N) is 3. The van der Waals surface area contributed by atoms with Crippen molar-refractivity contribution in [3.63, 3.8) is 0 Å². The zero-order chi connectivity index (χ0) is 14.7. The van der Waals surface area contributed by atoms with Crippen LogP contribution in [-0.2, 0) is 0 Å². The molecule has 112 valence electrons. The molecular weight excluding hydrogens is 302 g/mol. The molecule has 0 radical (unpaired) electrons. The molecule has 0 saturated carbocycles. The van der Waals surface area contributed by atoms with E-state index in [0.717, 1.165) is 16.7 Å². The van der Waals surface area contributed by atoms with E-state index in [-0.39, 0.29) is 18.2 Å². The van der Waals surface area contributed by atoms with Crippen molar-refractivity contribution in [3.05, 3.63) is 60.2 Å². The molecule has 22 heavy (non-hydrogen) atoms. The predicted molar refractivity (Wildman–Crippen MR) is 87.3 cm³/mol. The summed E-state index contributed by atoms with van der Waals surface area (Å²) in [4.78, 5) is 0. The van der Waals surface area contributed by atoms with E-state index in [1.54, 1.807) is 12.1 Å². The highest BCUT2D eigenvalue weighted by Gasteiger charge is 2.10. The van der Waals surface area contributed by atoms with Gasteiger partial charge in [0.25, 0.3) is 0 Å². The molecule has 1 aromatic heterocycles. The van der Waals surface area contributed by atoms with Gasteiger partial charge in [-0.3, -0.25) is 0 Å². The number of amidine groups is 1. The predicted octanol–water partition coefficient (Wildman–Crippen LogP) is 2.40. The molecule has 0 fully saturated rings. The molecule has 0 atom stereocenters. The van der Waals surface area contributed by atoms with E-state index in [0.29, 0.717) is 11.8 Å². The van der Waals surface area contributed by atoms with E-state index >= 15 is 0 Å². The summed E-state index contributed by atoms with van der Waals surface area (Å²) in [6.45, 7) is 0. The number of halogens is 1. The number of hydrogen-bond acceptors (Lipinski definition) is 5. The van der Waals surface area contributed by atoms with Crippen molar-refractivity contribution in [1.82, 2.24) is 10.2 Å². The van der Waals surface area contributed by atoms with Gasteiger partial charge in [0.15, 0.2) is 0 Å². The third-order valence-corrected chi connectivity index (χ3v) is 3.01. The number of nitrogens with two attached hydrogens (primary N) is 2. The van der Waals surface area contributed by atoms with Crippen LogP contribution in [0.3, 0.4) is 0 Å². The smallest absolute Gasteiger partial charge is 0.248 e. The molecule has 1 heterocycles. The van der Waals surface area contributed by atoms with Crippen molar-refractivity contribution in [2.75, 3.05) is 0 Å². The largest absolute Gasteiger partial charge is 0.416 e. The van der Waals surface area contributed by atoms with Gasteiger partial charge < -0.3 is 16.0 Å². The molecule has 3 aromatic rings. The second-order valence-electron chi connectivity index (χ2n) is 4.37. The fourth-order valence-corrected chi connectivity index (χ4v) is 1.90. The molecule has 0 amide bonds. The summed E-state index contributed by atoms with van der Waals surface area (Å²) >= 11 is 0. The maximum Gasteiger partial charge on any atom is 0.248 e. The SMILES string of the molecule is Cl.NN=C(N)c1ccc(-c2nnc(-c3ccccc3)o2)cc1. The third-order valence-electron chi connectivity index (χ3n) is 3.01. The van der Waals surface area contributed by atoms with Gasteiger partial charge >= 0.3 is 0 Å². The summed E-state index contributed by atoms with van der Waals surface area (Å²) in [7, 11) is 0. The van der Waals surface area contributed by atoms with Crippen LogP contribution in [0.2, 0.25) is 0 Å². The Morgan fingerprint density at radius 1 is 0.864 bits per heavy atom. The number of aromatic nitrogens is 2. The number of hydrazone groups is 1. The van der Waals surface area contributed by atoms with Crippen LogP contribution in [-0.4, -0.2) is 16.0 Å². The highest BCUT2D eigenvalue weighted by atomic mass is 35.5. The van der Waals surface area contributed by atoms with E-state index in [1.165, 1.54) is 0 Å². The standard InChI is InChI=1S/C15H13N5O.ClH/c16-13(18-17)10-6-8-12(9-7-10)15-20-19-14(21-15)11-4-2-1-3-5-11;/h1-9H,17H2,(H2,16,18);1H. The van der Waals surface area contributed by atoms with Crippen LogP contribution in [0.1, 0.15) is 5.56 Å². The fourth-order valence-electron chi connectivity index (χ4n) is 1.90. The number of rotatable bonds is 3. The second-order valence-corrected chi connectivity index (χ2v) is 4.37. The van der Waals surface area contributed by atoms with Crippen molar-refractivity contribution < 1.29 is 4.42 Å². The summed E-state index contributed by atoms with van der Waals surface area (Å²) in [5.41, 5.74) is 8.06. The Bertz CT molecular complexity index is 768. The molecule has 0 aliphatic rings. The van der Waals surface area contributed by atoms with Crippen molar-refractivity contribution in [2.45, 2.75) is 0 Å². The Hall–Kier alpha value is -2.86. The van der Waals surface area contributed by atoms with Gasteiger partial charge in [-0.05, 0) is 24.3 Å². The highest BCUT2D eigenvalue weighted by molar-refractivity contribution is 5.97. The maximum absolute atomic E-state index is 5.67. The summed E-state index contributed by atoms with van der Waals surface area (Å²) < 4.78 is 5.67. The lowest BCUT2D eigenvalue weighted by Crippen LogP contribution is -2.15. The highest BCUT2D eigenvalue weighted by Crippen LogP contribution is 2.23. The van der Waals surface area contributed by atoms with Gasteiger partial charge in [-0.1, -0.05) is 30.3 Å². The van der Waals surface area contributed by atoms with Gasteiger partial charge in [-0.2, -0.15) is 5.10 Å². The Morgan fingerprint density at radius 2 is 1.41 bits per heavy atom. The normalized spacial score (nSPS) is 11.0. The summed E-state index contributed by atoms with van der Waals surface area (Å²) in [6.07, 6.45) is 0. The Morgan fingerprint density at radius 3 is 1.95 bits per heavy atom. The van der Waals surface area contributed by atoms with Gasteiger partial charge in [0, 0.05) is 16.7 Å². The Balaban J connectivity index is 0.00000176. The summed E-state index contributed by atoms with van der Waals surface area (Å²) in [6, 6.07) is 16.9. The molecular formula is C15H14ClN5O. The monoisotopic (exact) mass is 315 g/mol. The Kier molecular flexibility index (Phi) is 4.75. The number of hydrogen-bond donors (Lipinski definition) is 2. The van der Waals surface area contributed by atoms with Crippen LogP contribution in [0.4, 0.5) is 0 Å². The molecule has 0 bridgehead atoms. The molecule has 3 rings (SSSR count). The van der Waals surface area contributed by atoms with Crippen LogP contribution in [0.15, 0.2) is 64.1 Å². The first-order chi connectivity index (χ1) is 10.3. The fraction of sp³-hybridized carbons (Fsp3) is 0. The quantitative estimate of drug-likeness (QED) is 0.334. The lowest BCUT2D eigenvalue weighted by atomic mass is 10.1. The maximum atomic E-state index is 5.67. The molecule has 7 heteroatoms. The molecule has 0 unspecified atom stereocenters. The van der Waals surface area contributed by atoms with Crippen molar-refractivity contribution in [3.8, 4) is 22.9 Å². The van der Waals surface area contributed by atoms with Crippen LogP contribution in [0.5, 0.6) is 0 Å². The van der Waals surface area contributed by atoms with Crippen molar-refractivity contribution in [1.29, 1.82) is 0 Å². The van der Waals surface area contributed by atoms with Crippen LogP contribution in [0, 0.1) is 0 Å². The molecule has 0 aliphatic carbocycles. The molecule has 2 aromatic carbocycles. The molecule has 0 saturated heterocycles. The van der Waals surface area contributed by atoms with Gasteiger partial charge in [-0.25, -0.2) is 0 Å². The molecule has 0 aliphatic heterocycles. The van der Waals surface area contributed by atoms with Crippen LogP contribution < -0.4 is 11.6 Å². The van der Waals surface area contributed by atoms with Crippen LogP contribution in [0.25, 0.3) is 22.9 Å². The van der Waals surface area contributed by atoms with Gasteiger partial charge in [-0.15, -0.1) is 22.6 Å². The Labute approximate surface area is 133 Å². The minimum absolute atomic E-state index is 0. The van der Waals surface area contributed by atoms with Crippen molar-refractivity contribution >= 4 is 18.2 Å². The van der Waals surface area contributed by atoms with Crippen LogP contribution >= 0.6 is 12.4 Å². The lowest BCUT2D eigenvalue weighted by Gasteiger charge is -1.99. The average Bonchev–Trinajstić information content (AvgIpc) is 3.05. The molecule has 6 nitrogen and oxygen atoms in total. The van der Waals surface area contributed by atoms with Crippen molar-refractivity contribution in [2.24, 2.45) is 16.7 Å². The zero-order valence-corrected chi connectivity index (χ0v) is 12.3. The van der Waals surface area contributed by atoms with Gasteiger partial charge in [0.05, 0.1) is 0 Å². The van der Waals surface area contributed by atoms with Gasteiger partial charge in [0.1, 0.15) is 5.84 Å². The first-order valence-electron chi connectivity index (χ1n) is 6.31. The van der Waals surface area contributed by atoms with E-state index in [1.807, 2.05) is 42.5 Å². The zero-order valence-electron chi connectivity index (χ0n) is 11.5. The number of benzene rings is 2. The first kappa shape index (κ1) is 15.5. The minimum Gasteiger partial charge on any atom is -0.416 e. The first-order valence-corrected chi connectivity index (χ1v) is 6.31. The topological polar surface area (TPSA) is 103 Å². The molecule has 0 spiro atoms. The average molecular weight is 316 g/mol. The van der Waals surface area contributed by atoms with E-state index in [9.17, 15) is 0 Å². The molecule has 4 N–H and O–H groups in total. The van der Waals surface area contributed by atoms with E-state index < -0.39 is 0 Å². The van der Waals surface area contributed by atoms with E-state index in [2.05, 4.69) is 15.3 Å². The summed E-state index contributed by atoms with van der Waals surface area (Å²) in [5, 5.41) is 11.6. The second kappa shape index (κ2) is 6.73. The van der Waals surface area contributed by atoms with E-state index in [4.69, 9.17) is 16.0 Å². The minimum atomic E-state index is 0. The summed E-state index contributed by atoms with van der Waals surface area (Å²) in [5.74, 6) is 6.35. The lowest BCUT2D eigenvalue weighted by molar-refractivity contribution is 0.584. The third kappa shape index (κ3) is 3.07. The van der Waals surface area contributed by atoms with Gasteiger partial charge in [0.2, 0.25) is 11.8 Å².